The average molecular weight is 821 g/mol. The summed E-state index contributed by atoms with van der Waals surface area (Å²) in [5.74, 6) is -1.77. The number of aryl methyl sites for hydroxylation is 2. The number of hydrogen-bond donors (Lipinski definition) is 3. The fraction of sp³-hybridized carbons (Fsp3) is 0.298. The molecule has 1 unspecified atom stereocenters. The predicted molar refractivity (Wildman–Crippen MR) is 222 cm³/mol. The maximum absolute atomic E-state index is 13.3. The standard InChI is InChI=1S/C28H28F3N3O3.C19H19NO3/c1-18-4-6-19(7-5-18)21-14-22(16-23(15-21)27(37)34-11-2-3-12-34)26(36)33-24(10-13-35)20-8-9-25(32-17-20)28(29,30)31;1-13-4-6-14(7-5-13)15-10-16(12-17(11-15)19(22)23)18(21)20-8-2-3-9-20/h4-9,14-17,24,35H,2-3,10-13H2,1H3,(H,33,36);4-7,10-12H,2-3,8-9H2,1H3,(H,22,23). The molecule has 5 aromatic rings. The molecule has 13 heteroatoms. The summed E-state index contributed by atoms with van der Waals surface area (Å²) in [5.41, 5.74) is 5.93. The number of carbonyl (C=O) groups excluding carboxylic acids is 3. The van der Waals surface area contributed by atoms with Gasteiger partial charge in [-0.3, -0.25) is 19.4 Å². The van der Waals surface area contributed by atoms with Gasteiger partial charge in [-0.25, -0.2) is 4.79 Å². The Labute approximate surface area is 346 Å². The number of alkyl halides is 3. The number of amides is 3. The fourth-order valence-corrected chi connectivity index (χ4v) is 7.26. The molecular formula is C47H47F3N4O6. The van der Waals surface area contributed by atoms with Gasteiger partial charge in [0.2, 0.25) is 0 Å². The largest absolute Gasteiger partial charge is 0.478 e. The summed E-state index contributed by atoms with van der Waals surface area (Å²) in [7, 11) is 0. The molecule has 0 radical (unpaired) electrons. The number of rotatable bonds is 10. The van der Waals surface area contributed by atoms with Crippen LogP contribution in [0.25, 0.3) is 22.3 Å². The Bertz CT molecular complexity index is 2320. The van der Waals surface area contributed by atoms with Crippen molar-refractivity contribution in [3.05, 3.63) is 148 Å². The van der Waals surface area contributed by atoms with E-state index in [1.807, 2.05) is 62.4 Å². The van der Waals surface area contributed by atoms with Crippen molar-refractivity contribution in [2.75, 3.05) is 32.8 Å². The minimum absolute atomic E-state index is 0.0794. The van der Waals surface area contributed by atoms with E-state index in [9.17, 15) is 42.6 Å². The maximum atomic E-state index is 13.3. The number of carboxylic acid groups (broad SMARTS) is 1. The number of aromatic nitrogens is 1. The van der Waals surface area contributed by atoms with E-state index < -0.39 is 29.8 Å². The zero-order valence-corrected chi connectivity index (χ0v) is 33.5. The topological polar surface area (TPSA) is 140 Å². The number of hydrogen-bond acceptors (Lipinski definition) is 6. The second kappa shape index (κ2) is 19.2. The number of pyridine rings is 1. The molecule has 4 aromatic carbocycles. The van der Waals surface area contributed by atoms with Crippen molar-refractivity contribution in [3.8, 4) is 22.3 Å². The van der Waals surface area contributed by atoms with Crippen molar-refractivity contribution in [2.45, 2.75) is 58.2 Å². The van der Waals surface area contributed by atoms with Crippen LogP contribution in [0.15, 0.2) is 103 Å². The van der Waals surface area contributed by atoms with Crippen LogP contribution < -0.4 is 5.32 Å². The molecule has 2 aliphatic heterocycles. The molecule has 1 aromatic heterocycles. The third-order valence-electron chi connectivity index (χ3n) is 10.6. The van der Waals surface area contributed by atoms with Gasteiger partial charge < -0.3 is 25.3 Å². The van der Waals surface area contributed by atoms with E-state index in [1.54, 1.807) is 34.1 Å². The first kappa shape index (κ1) is 43.2. The van der Waals surface area contributed by atoms with Crippen molar-refractivity contribution < 1.29 is 42.6 Å². The van der Waals surface area contributed by atoms with Gasteiger partial charge in [0.05, 0.1) is 11.6 Å². The van der Waals surface area contributed by atoms with Gasteiger partial charge in [-0.1, -0.05) is 65.7 Å². The van der Waals surface area contributed by atoms with Gasteiger partial charge >= 0.3 is 12.1 Å². The normalized spacial score (nSPS) is 14.3. The van der Waals surface area contributed by atoms with Crippen molar-refractivity contribution in [1.29, 1.82) is 0 Å². The lowest BCUT2D eigenvalue weighted by Gasteiger charge is -2.20. The molecule has 2 fully saturated rings. The van der Waals surface area contributed by atoms with Crippen LogP contribution in [0, 0.1) is 13.8 Å². The highest BCUT2D eigenvalue weighted by Crippen LogP contribution is 2.30. The highest BCUT2D eigenvalue weighted by Gasteiger charge is 2.32. The van der Waals surface area contributed by atoms with E-state index in [0.717, 1.165) is 78.9 Å². The number of carboxylic acids is 1. The predicted octanol–water partition coefficient (Wildman–Crippen LogP) is 8.76. The quantitative estimate of drug-likeness (QED) is 0.128. The first-order chi connectivity index (χ1) is 28.7. The number of aromatic carboxylic acids is 1. The number of benzene rings is 4. The zero-order chi connectivity index (χ0) is 43.0. The van der Waals surface area contributed by atoms with Crippen molar-refractivity contribution in [2.24, 2.45) is 0 Å². The molecule has 0 saturated carbocycles. The van der Waals surface area contributed by atoms with Gasteiger partial charge in [-0.05, 0) is 116 Å². The van der Waals surface area contributed by atoms with Crippen LogP contribution in [0.3, 0.4) is 0 Å². The van der Waals surface area contributed by atoms with E-state index in [2.05, 4.69) is 10.3 Å². The fourth-order valence-electron chi connectivity index (χ4n) is 7.26. The first-order valence-corrected chi connectivity index (χ1v) is 19.9. The Hall–Kier alpha value is -6.34. The maximum Gasteiger partial charge on any atom is 0.433 e. The van der Waals surface area contributed by atoms with Crippen LogP contribution in [-0.2, 0) is 6.18 Å². The molecule has 1 atom stereocenters. The Morgan fingerprint density at radius 3 is 1.52 bits per heavy atom. The average Bonchev–Trinajstić information content (AvgIpc) is 4.00. The van der Waals surface area contributed by atoms with E-state index in [-0.39, 0.29) is 36.0 Å². The van der Waals surface area contributed by atoms with Crippen LogP contribution in [0.1, 0.15) is 102 Å². The third-order valence-corrected chi connectivity index (χ3v) is 10.6. The SMILES string of the molecule is Cc1ccc(-c2cc(C(=O)NC(CCO)c3ccc(C(F)(F)F)nc3)cc(C(=O)N3CCCC3)c2)cc1.Cc1ccc(-c2cc(C(=O)O)cc(C(=O)N3CCCC3)c2)cc1. The lowest BCUT2D eigenvalue weighted by Crippen LogP contribution is -2.31. The van der Waals surface area contributed by atoms with E-state index >= 15 is 0 Å². The van der Waals surface area contributed by atoms with Crippen molar-refractivity contribution in [1.82, 2.24) is 20.1 Å². The van der Waals surface area contributed by atoms with Gasteiger partial charge in [0, 0.05) is 55.7 Å². The summed E-state index contributed by atoms with van der Waals surface area (Å²) in [6, 6.07) is 26.7. The third kappa shape index (κ3) is 10.8. The molecule has 3 heterocycles. The van der Waals surface area contributed by atoms with Crippen LogP contribution >= 0.6 is 0 Å². The molecule has 10 nitrogen and oxygen atoms in total. The second-order valence-electron chi connectivity index (χ2n) is 15.1. The molecule has 3 N–H and O–H groups in total. The molecule has 0 aliphatic carbocycles. The lowest BCUT2D eigenvalue weighted by molar-refractivity contribution is -0.141. The van der Waals surface area contributed by atoms with Crippen LogP contribution in [0.4, 0.5) is 13.2 Å². The second-order valence-corrected chi connectivity index (χ2v) is 15.1. The summed E-state index contributed by atoms with van der Waals surface area (Å²) in [6.07, 6.45) is 0.430. The molecule has 312 valence electrons. The number of halogens is 3. The Kier molecular flexibility index (Phi) is 13.8. The Balaban J connectivity index is 0.000000224. The smallest absolute Gasteiger partial charge is 0.433 e. The number of nitrogens with zero attached hydrogens (tertiary/aromatic N) is 3. The van der Waals surface area contributed by atoms with Crippen LogP contribution in [0.2, 0.25) is 0 Å². The molecule has 7 rings (SSSR count). The Morgan fingerprint density at radius 2 is 1.10 bits per heavy atom. The number of carbonyl (C=O) groups is 4. The summed E-state index contributed by atoms with van der Waals surface area (Å²) in [5, 5.41) is 21.7. The molecule has 2 aliphatic rings. The van der Waals surface area contributed by atoms with E-state index in [0.29, 0.717) is 35.3 Å². The monoisotopic (exact) mass is 820 g/mol. The van der Waals surface area contributed by atoms with Gasteiger partial charge in [-0.2, -0.15) is 13.2 Å². The molecule has 3 amide bonds. The summed E-state index contributed by atoms with van der Waals surface area (Å²) >= 11 is 0. The lowest BCUT2D eigenvalue weighted by atomic mass is 9.97. The molecule has 0 spiro atoms. The molecule has 2 saturated heterocycles. The first-order valence-electron chi connectivity index (χ1n) is 19.9. The van der Waals surface area contributed by atoms with Gasteiger partial charge in [0.1, 0.15) is 5.69 Å². The van der Waals surface area contributed by atoms with Crippen molar-refractivity contribution >= 4 is 23.7 Å². The van der Waals surface area contributed by atoms with Crippen LogP contribution in [-0.4, -0.2) is 81.5 Å². The zero-order valence-electron chi connectivity index (χ0n) is 33.5. The van der Waals surface area contributed by atoms with Gasteiger partial charge in [-0.15, -0.1) is 0 Å². The van der Waals surface area contributed by atoms with Gasteiger partial charge in [0.15, 0.2) is 0 Å². The minimum atomic E-state index is -4.58. The minimum Gasteiger partial charge on any atom is -0.478 e. The van der Waals surface area contributed by atoms with E-state index in [1.165, 1.54) is 18.2 Å². The number of aliphatic hydroxyl groups is 1. The summed E-state index contributed by atoms with van der Waals surface area (Å²) in [4.78, 5) is 57.5. The van der Waals surface area contributed by atoms with Gasteiger partial charge in [0.25, 0.3) is 17.7 Å². The Morgan fingerprint density at radius 1 is 0.650 bits per heavy atom. The molecular weight excluding hydrogens is 774 g/mol. The van der Waals surface area contributed by atoms with E-state index in [4.69, 9.17) is 0 Å². The molecule has 60 heavy (non-hydrogen) atoms. The number of likely N-dealkylation sites (tertiary alicyclic amines) is 2. The van der Waals surface area contributed by atoms with Crippen LogP contribution in [0.5, 0.6) is 0 Å². The molecule has 0 bridgehead atoms. The highest BCUT2D eigenvalue weighted by molar-refractivity contribution is 6.02. The summed E-state index contributed by atoms with van der Waals surface area (Å²) < 4.78 is 38.7. The number of nitrogens with one attached hydrogen (secondary N) is 1. The van der Waals surface area contributed by atoms with Crippen molar-refractivity contribution in [3.63, 3.8) is 0 Å². The highest BCUT2D eigenvalue weighted by atomic mass is 19.4. The number of aliphatic hydroxyl groups excluding tert-OH is 1. The summed E-state index contributed by atoms with van der Waals surface area (Å²) in [6.45, 7) is 6.48.